The van der Waals surface area contributed by atoms with E-state index in [-0.39, 0.29) is 5.82 Å². The highest BCUT2D eigenvalue weighted by molar-refractivity contribution is 5.78. The molecule has 1 aliphatic rings. The van der Waals surface area contributed by atoms with Crippen LogP contribution in [0.1, 0.15) is 12.8 Å². The lowest BCUT2D eigenvalue weighted by Gasteiger charge is -2.22. The van der Waals surface area contributed by atoms with Crippen LogP contribution in [0.2, 0.25) is 0 Å². The van der Waals surface area contributed by atoms with Crippen molar-refractivity contribution in [3.05, 3.63) is 28.2 Å². The van der Waals surface area contributed by atoms with E-state index in [4.69, 9.17) is 5.11 Å². The molecule has 1 N–H and O–H groups in total. The number of hydrogen-bond acceptors (Lipinski definition) is 5. The van der Waals surface area contributed by atoms with Gasteiger partial charge in [-0.3, -0.25) is 10.1 Å². The minimum Gasteiger partial charge on any atom is -0.480 e. The molecule has 96 valence electrons. The van der Waals surface area contributed by atoms with E-state index in [0.717, 1.165) is 12.3 Å². The number of carboxylic acid groups (broad SMARTS) is 1. The van der Waals surface area contributed by atoms with Crippen molar-refractivity contribution >= 4 is 17.5 Å². The second kappa shape index (κ2) is 4.55. The predicted molar refractivity (Wildman–Crippen MR) is 58.9 cm³/mol. The maximum Gasteiger partial charge on any atom is 0.326 e. The third-order valence-electron chi connectivity index (χ3n) is 2.83. The van der Waals surface area contributed by atoms with Crippen molar-refractivity contribution in [3.63, 3.8) is 0 Å². The summed E-state index contributed by atoms with van der Waals surface area (Å²) in [6.45, 7) is 0.374. The molecule has 0 bridgehead atoms. The summed E-state index contributed by atoms with van der Waals surface area (Å²) in [5.41, 5.74) is -0.456. The summed E-state index contributed by atoms with van der Waals surface area (Å²) in [5, 5.41) is 19.4. The van der Waals surface area contributed by atoms with Gasteiger partial charge in [-0.15, -0.1) is 0 Å². The molecule has 1 saturated heterocycles. The maximum absolute atomic E-state index is 13.7. The van der Waals surface area contributed by atoms with Gasteiger partial charge in [-0.2, -0.15) is 0 Å². The van der Waals surface area contributed by atoms with Crippen molar-refractivity contribution in [3.8, 4) is 0 Å². The zero-order valence-electron chi connectivity index (χ0n) is 9.24. The van der Waals surface area contributed by atoms with Crippen LogP contribution in [0.15, 0.2) is 12.3 Å². The summed E-state index contributed by atoms with van der Waals surface area (Å²) in [5.74, 6) is -2.07. The first-order valence-electron chi connectivity index (χ1n) is 5.30. The number of carboxylic acids is 1. The second-order valence-electron chi connectivity index (χ2n) is 3.95. The number of nitro groups is 1. The molecule has 1 aliphatic heterocycles. The van der Waals surface area contributed by atoms with Crippen LogP contribution in [0, 0.1) is 15.9 Å². The van der Waals surface area contributed by atoms with Crippen LogP contribution in [0.4, 0.5) is 15.9 Å². The van der Waals surface area contributed by atoms with E-state index < -0.39 is 28.4 Å². The van der Waals surface area contributed by atoms with Crippen LogP contribution in [0.5, 0.6) is 0 Å². The standard InChI is InChI=1S/C10H10FN3O4/c11-7-4-6(14(17)18)5-12-9(7)13-3-1-2-8(13)10(15)16/h4-5,8H,1-3H2,(H,15,16). The maximum atomic E-state index is 13.7. The summed E-state index contributed by atoms with van der Waals surface area (Å²) in [6.07, 6.45) is 1.96. The zero-order valence-corrected chi connectivity index (χ0v) is 9.24. The van der Waals surface area contributed by atoms with Gasteiger partial charge in [-0.25, -0.2) is 14.2 Å². The van der Waals surface area contributed by atoms with E-state index in [9.17, 15) is 19.3 Å². The fraction of sp³-hybridized carbons (Fsp3) is 0.400. The van der Waals surface area contributed by atoms with Gasteiger partial charge in [0.25, 0.3) is 5.69 Å². The van der Waals surface area contributed by atoms with Gasteiger partial charge in [0, 0.05) is 6.54 Å². The molecule has 0 spiro atoms. The Hall–Kier alpha value is -2.25. The number of anilines is 1. The first-order chi connectivity index (χ1) is 8.50. The Kier molecular flexibility index (Phi) is 3.09. The molecule has 2 heterocycles. The molecule has 1 aromatic heterocycles. The van der Waals surface area contributed by atoms with E-state index in [1.54, 1.807) is 0 Å². The Morgan fingerprint density at radius 2 is 2.39 bits per heavy atom. The second-order valence-corrected chi connectivity index (χ2v) is 3.95. The molecular weight excluding hydrogens is 245 g/mol. The fourth-order valence-corrected chi connectivity index (χ4v) is 2.01. The van der Waals surface area contributed by atoms with E-state index in [1.807, 2.05) is 0 Å². The normalized spacial score (nSPS) is 18.9. The lowest BCUT2D eigenvalue weighted by Crippen LogP contribution is -2.37. The van der Waals surface area contributed by atoms with E-state index in [2.05, 4.69) is 4.98 Å². The number of halogens is 1. The molecule has 0 amide bonds. The van der Waals surface area contributed by atoms with Gasteiger partial charge >= 0.3 is 5.97 Å². The number of rotatable bonds is 3. The average Bonchev–Trinajstić information content (AvgIpc) is 2.77. The number of aliphatic carboxylic acids is 1. The van der Waals surface area contributed by atoms with Gasteiger partial charge in [-0.1, -0.05) is 0 Å². The summed E-state index contributed by atoms with van der Waals surface area (Å²) in [7, 11) is 0. The van der Waals surface area contributed by atoms with Crippen molar-refractivity contribution in [2.45, 2.75) is 18.9 Å². The van der Waals surface area contributed by atoms with Gasteiger partial charge in [0.2, 0.25) is 0 Å². The molecule has 0 radical (unpaired) electrons. The van der Waals surface area contributed by atoms with Crippen molar-refractivity contribution < 1.29 is 19.2 Å². The molecular formula is C10H10FN3O4. The quantitative estimate of drug-likeness (QED) is 0.643. The Bertz CT molecular complexity index is 508. The van der Waals surface area contributed by atoms with Gasteiger partial charge in [0.15, 0.2) is 11.6 Å². The van der Waals surface area contributed by atoms with Crippen LogP contribution < -0.4 is 4.90 Å². The number of pyridine rings is 1. The van der Waals surface area contributed by atoms with Gasteiger partial charge in [0.1, 0.15) is 12.2 Å². The molecule has 2 rings (SSSR count). The van der Waals surface area contributed by atoms with Crippen LogP contribution in [-0.2, 0) is 4.79 Å². The molecule has 0 saturated carbocycles. The van der Waals surface area contributed by atoms with Crippen molar-refractivity contribution in [1.29, 1.82) is 0 Å². The Labute approximate surface area is 101 Å². The minimum absolute atomic E-state index is 0.148. The van der Waals surface area contributed by atoms with Gasteiger partial charge < -0.3 is 10.0 Å². The molecule has 1 unspecified atom stereocenters. The highest BCUT2D eigenvalue weighted by Crippen LogP contribution is 2.27. The van der Waals surface area contributed by atoms with Crippen LogP contribution >= 0.6 is 0 Å². The molecule has 7 nitrogen and oxygen atoms in total. The largest absolute Gasteiger partial charge is 0.480 e. The zero-order chi connectivity index (χ0) is 13.3. The lowest BCUT2D eigenvalue weighted by atomic mass is 10.2. The molecule has 0 aliphatic carbocycles. The Morgan fingerprint density at radius 3 is 2.94 bits per heavy atom. The average molecular weight is 255 g/mol. The molecule has 1 fully saturated rings. The van der Waals surface area contributed by atoms with Crippen molar-refractivity contribution in [2.75, 3.05) is 11.4 Å². The topological polar surface area (TPSA) is 96.6 Å². The first-order valence-corrected chi connectivity index (χ1v) is 5.30. The first kappa shape index (κ1) is 12.2. The number of carbonyl (C=O) groups is 1. The van der Waals surface area contributed by atoms with Gasteiger partial charge in [0.05, 0.1) is 11.0 Å². The number of hydrogen-bond donors (Lipinski definition) is 1. The van der Waals surface area contributed by atoms with Crippen molar-refractivity contribution in [2.24, 2.45) is 0 Å². The predicted octanol–water partition coefficient (Wildman–Crippen LogP) is 1.18. The highest BCUT2D eigenvalue weighted by Gasteiger charge is 2.33. The Balaban J connectivity index is 2.33. The lowest BCUT2D eigenvalue weighted by molar-refractivity contribution is -0.385. The third kappa shape index (κ3) is 2.08. The number of aromatic nitrogens is 1. The van der Waals surface area contributed by atoms with Crippen LogP contribution in [0.3, 0.4) is 0 Å². The third-order valence-corrected chi connectivity index (χ3v) is 2.83. The summed E-state index contributed by atoms with van der Waals surface area (Å²) >= 11 is 0. The van der Waals surface area contributed by atoms with Crippen molar-refractivity contribution in [1.82, 2.24) is 4.98 Å². The number of nitrogens with zero attached hydrogens (tertiary/aromatic N) is 3. The molecule has 1 atom stereocenters. The monoisotopic (exact) mass is 255 g/mol. The smallest absolute Gasteiger partial charge is 0.326 e. The summed E-state index contributed by atoms with van der Waals surface area (Å²) < 4.78 is 13.7. The molecule has 1 aromatic rings. The van der Waals surface area contributed by atoms with E-state index in [0.29, 0.717) is 19.4 Å². The molecule has 18 heavy (non-hydrogen) atoms. The Morgan fingerprint density at radius 1 is 1.67 bits per heavy atom. The molecule has 8 heteroatoms. The van der Waals surface area contributed by atoms with E-state index in [1.165, 1.54) is 4.90 Å². The SMILES string of the molecule is O=C(O)C1CCCN1c1ncc([N+](=O)[O-])cc1F. The van der Waals surface area contributed by atoms with Gasteiger partial charge in [-0.05, 0) is 12.8 Å². The minimum atomic E-state index is -1.05. The molecule has 0 aromatic carbocycles. The van der Waals surface area contributed by atoms with E-state index >= 15 is 0 Å². The summed E-state index contributed by atoms with van der Waals surface area (Å²) in [4.78, 5) is 25.7. The highest BCUT2D eigenvalue weighted by atomic mass is 19.1. The summed E-state index contributed by atoms with van der Waals surface area (Å²) in [6, 6.07) is -0.0759. The van der Waals surface area contributed by atoms with Crippen LogP contribution in [-0.4, -0.2) is 33.6 Å². The van der Waals surface area contributed by atoms with Crippen LogP contribution in [0.25, 0.3) is 0 Å². The fourth-order valence-electron chi connectivity index (χ4n) is 2.01.